The van der Waals surface area contributed by atoms with Crippen LogP contribution in [0.5, 0.6) is 0 Å². The number of hydrogen-bond donors (Lipinski definition) is 0. The molecule has 7 heteroatoms. The molecule has 0 aromatic rings. The molecule has 0 amide bonds. The average Bonchev–Trinajstić information content (AvgIpc) is 3.29. The van der Waals surface area contributed by atoms with Gasteiger partial charge in [0.05, 0.1) is 13.2 Å². The summed E-state index contributed by atoms with van der Waals surface area (Å²) in [5.74, 6) is 0. The van der Waals surface area contributed by atoms with Crippen LogP contribution in [0, 0.1) is 0 Å². The fourth-order valence-corrected chi connectivity index (χ4v) is 7.57. The highest BCUT2D eigenvalue weighted by Crippen LogP contribution is 2.16. The Balaban J connectivity index is 5.74. The van der Waals surface area contributed by atoms with E-state index in [1.54, 1.807) is 0 Å². The molecular formula is C56H110O7. The van der Waals surface area contributed by atoms with Crippen molar-refractivity contribution >= 4 is 0 Å². The zero-order chi connectivity index (χ0) is 45.8. The summed E-state index contributed by atoms with van der Waals surface area (Å²) in [6.07, 6.45) is 50.0. The molecule has 0 fully saturated rings. The summed E-state index contributed by atoms with van der Waals surface area (Å²) in [5, 5.41) is 0. The zero-order valence-electron chi connectivity index (χ0n) is 43.2. The van der Waals surface area contributed by atoms with Gasteiger partial charge in [0.25, 0.3) is 0 Å². The molecule has 0 bridgehead atoms. The molecule has 7 nitrogen and oxygen atoms in total. The first kappa shape index (κ1) is 62.2. The van der Waals surface area contributed by atoms with Gasteiger partial charge in [0, 0.05) is 39.3 Å². The molecule has 2 unspecified atom stereocenters. The largest absolute Gasteiger partial charge is 0.353 e. The Bertz CT molecular complexity index is 795. The van der Waals surface area contributed by atoms with E-state index in [-0.39, 0.29) is 12.6 Å². The first-order chi connectivity index (χ1) is 31.1. The summed E-state index contributed by atoms with van der Waals surface area (Å²) in [7, 11) is 0. The molecule has 0 aromatic carbocycles. The lowest BCUT2D eigenvalue weighted by molar-refractivity contribution is -0.208. The molecule has 0 aliphatic carbocycles. The first-order valence-corrected chi connectivity index (χ1v) is 27.8. The van der Waals surface area contributed by atoms with E-state index in [4.69, 9.17) is 33.2 Å². The molecule has 0 aliphatic heterocycles. The SMILES string of the molecule is CCCCCCCCOC(C=CCCC(OCCCCCCC)OCCCCCCC)OC(C=CCCC(OCCCCCCC)OCCCCCCC)OCCCCCCCC. The van der Waals surface area contributed by atoms with Gasteiger partial charge in [-0.3, -0.25) is 0 Å². The third kappa shape index (κ3) is 47.5. The van der Waals surface area contributed by atoms with Gasteiger partial charge in [-0.15, -0.1) is 0 Å². The van der Waals surface area contributed by atoms with Gasteiger partial charge in [0.15, 0.2) is 25.2 Å². The Kier molecular flexibility index (Phi) is 53.1. The lowest BCUT2D eigenvalue weighted by atomic mass is 10.1. The van der Waals surface area contributed by atoms with Crippen molar-refractivity contribution in [1.82, 2.24) is 0 Å². The van der Waals surface area contributed by atoms with E-state index in [0.29, 0.717) is 13.2 Å². The minimum Gasteiger partial charge on any atom is -0.353 e. The van der Waals surface area contributed by atoms with Gasteiger partial charge < -0.3 is 33.2 Å². The third-order valence-corrected chi connectivity index (χ3v) is 11.8. The van der Waals surface area contributed by atoms with Crippen LogP contribution >= 0.6 is 0 Å². The monoisotopic (exact) mass is 895 g/mol. The number of rotatable bonds is 54. The lowest BCUT2D eigenvalue weighted by Crippen LogP contribution is -2.25. The van der Waals surface area contributed by atoms with Crippen LogP contribution in [0.2, 0.25) is 0 Å². The minimum atomic E-state index is -0.489. The van der Waals surface area contributed by atoms with E-state index in [2.05, 4.69) is 65.8 Å². The van der Waals surface area contributed by atoms with Crippen molar-refractivity contribution in [2.45, 2.75) is 298 Å². The molecule has 0 saturated carbocycles. The Morgan fingerprint density at radius 3 is 0.746 bits per heavy atom. The third-order valence-electron chi connectivity index (χ3n) is 11.8. The van der Waals surface area contributed by atoms with Crippen molar-refractivity contribution < 1.29 is 33.2 Å². The van der Waals surface area contributed by atoms with Crippen molar-refractivity contribution in [3.63, 3.8) is 0 Å². The van der Waals surface area contributed by atoms with Crippen LogP contribution in [0.1, 0.15) is 273 Å². The maximum atomic E-state index is 6.66. The van der Waals surface area contributed by atoms with Crippen molar-refractivity contribution in [2.75, 3.05) is 39.6 Å². The van der Waals surface area contributed by atoms with Gasteiger partial charge >= 0.3 is 0 Å². The second-order valence-electron chi connectivity index (χ2n) is 18.2. The summed E-state index contributed by atoms with van der Waals surface area (Å²) in [4.78, 5) is 0. The average molecular weight is 895 g/mol. The molecule has 63 heavy (non-hydrogen) atoms. The van der Waals surface area contributed by atoms with E-state index < -0.39 is 12.6 Å². The molecule has 0 rings (SSSR count). The maximum absolute atomic E-state index is 6.66. The van der Waals surface area contributed by atoms with Gasteiger partial charge in [-0.1, -0.05) is 221 Å². The van der Waals surface area contributed by atoms with Crippen LogP contribution in [0.15, 0.2) is 24.3 Å². The molecule has 2 atom stereocenters. The first-order valence-electron chi connectivity index (χ1n) is 27.8. The second-order valence-corrected chi connectivity index (χ2v) is 18.2. The van der Waals surface area contributed by atoms with E-state index in [1.807, 2.05) is 0 Å². The van der Waals surface area contributed by atoms with Crippen LogP contribution in [-0.4, -0.2) is 64.8 Å². The van der Waals surface area contributed by atoms with Crippen molar-refractivity contribution in [1.29, 1.82) is 0 Å². The Hall–Kier alpha value is -0.800. The van der Waals surface area contributed by atoms with E-state index in [1.165, 1.54) is 167 Å². The molecule has 0 heterocycles. The normalized spacial score (nSPS) is 13.2. The predicted octanol–water partition coefficient (Wildman–Crippen LogP) is 17.7. The van der Waals surface area contributed by atoms with Crippen LogP contribution in [-0.2, 0) is 33.2 Å². The fourth-order valence-electron chi connectivity index (χ4n) is 7.57. The Morgan fingerprint density at radius 2 is 0.492 bits per heavy atom. The van der Waals surface area contributed by atoms with E-state index in [0.717, 1.165) is 90.6 Å². The summed E-state index contributed by atoms with van der Waals surface area (Å²) in [6, 6.07) is 0. The van der Waals surface area contributed by atoms with Gasteiger partial charge in [-0.05, 0) is 63.5 Å². The topological polar surface area (TPSA) is 64.6 Å². The second kappa shape index (κ2) is 53.8. The number of hydrogen-bond acceptors (Lipinski definition) is 7. The van der Waals surface area contributed by atoms with Crippen LogP contribution in [0.3, 0.4) is 0 Å². The van der Waals surface area contributed by atoms with Gasteiger partial charge in [-0.2, -0.15) is 0 Å². The van der Waals surface area contributed by atoms with Gasteiger partial charge in [0.1, 0.15) is 0 Å². The molecule has 376 valence electrons. The highest BCUT2D eigenvalue weighted by molar-refractivity contribution is 4.90. The highest BCUT2D eigenvalue weighted by atomic mass is 16.8. The predicted molar refractivity (Wildman–Crippen MR) is 270 cm³/mol. The van der Waals surface area contributed by atoms with E-state index in [9.17, 15) is 0 Å². The Labute approximate surface area is 393 Å². The fraction of sp³-hybridized carbons (Fsp3) is 0.929. The quantitative estimate of drug-likeness (QED) is 0.0342. The Morgan fingerprint density at radius 1 is 0.270 bits per heavy atom. The molecule has 0 aliphatic rings. The minimum absolute atomic E-state index is 0.175. The van der Waals surface area contributed by atoms with Crippen molar-refractivity contribution in [3.8, 4) is 0 Å². The standard InChI is InChI=1S/C56H110O7/c1-7-13-19-25-31-41-51-61-55(45-35-33-43-53(57-47-37-27-21-15-9-3)58-48-38-28-22-16-10-4)63-56(62-52-42-32-26-20-14-8-2)46-36-34-44-54(59-49-39-29-23-17-11-5)60-50-40-30-24-18-12-6/h35-36,45-46,53-56H,7-34,37-44,47-52H2,1-6H3. The zero-order valence-corrected chi connectivity index (χ0v) is 43.2. The summed E-state index contributed by atoms with van der Waals surface area (Å²) in [6.45, 7) is 18.0. The summed E-state index contributed by atoms with van der Waals surface area (Å²) >= 11 is 0. The number of allylic oxidation sites excluding steroid dienone is 2. The highest BCUT2D eigenvalue weighted by Gasteiger charge is 2.16. The van der Waals surface area contributed by atoms with Gasteiger partial charge in [-0.25, -0.2) is 0 Å². The number of unbranched alkanes of at least 4 members (excludes halogenated alkanes) is 26. The van der Waals surface area contributed by atoms with Crippen molar-refractivity contribution in [2.24, 2.45) is 0 Å². The van der Waals surface area contributed by atoms with Crippen molar-refractivity contribution in [3.05, 3.63) is 24.3 Å². The maximum Gasteiger partial charge on any atom is 0.180 e. The molecule has 0 N–H and O–H groups in total. The van der Waals surface area contributed by atoms with Crippen LogP contribution in [0.4, 0.5) is 0 Å². The van der Waals surface area contributed by atoms with Crippen LogP contribution < -0.4 is 0 Å². The number of ether oxygens (including phenoxy) is 7. The van der Waals surface area contributed by atoms with Gasteiger partial charge in [0.2, 0.25) is 0 Å². The molecular weight excluding hydrogens is 785 g/mol. The lowest BCUT2D eigenvalue weighted by Gasteiger charge is -2.22. The summed E-state index contributed by atoms with van der Waals surface area (Å²) in [5.41, 5.74) is 0. The van der Waals surface area contributed by atoms with E-state index >= 15 is 0 Å². The van der Waals surface area contributed by atoms with Crippen LogP contribution in [0.25, 0.3) is 0 Å². The smallest absolute Gasteiger partial charge is 0.180 e. The molecule has 0 radical (unpaired) electrons. The molecule has 0 saturated heterocycles. The molecule has 0 aromatic heterocycles. The molecule has 0 spiro atoms. The summed E-state index contributed by atoms with van der Waals surface area (Å²) < 4.78 is 44.8.